The Morgan fingerprint density at radius 1 is 1.04 bits per heavy atom. The van der Waals surface area contributed by atoms with E-state index < -0.39 is 0 Å². The first-order valence-corrected chi connectivity index (χ1v) is 7.74. The highest BCUT2D eigenvalue weighted by Crippen LogP contribution is 2.11. The molecule has 0 amide bonds. The van der Waals surface area contributed by atoms with E-state index in [9.17, 15) is 5.11 Å². The summed E-state index contributed by atoms with van der Waals surface area (Å²) in [6, 6.07) is 14.1. The van der Waals surface area contributed by atoms with E-state index in [1.165, 1.54) is 5.56 Å². The molecule has 3 aromatic rings. The molecular formula is C18H21N3O2. The van der Waals surface area contributed by atoms with Crippen LogP contribution in [-0.2, 0) is 19.6 Å². The molecule has 0 aliphatic heterocycles. The summed E-state index contributed by atoms with van der Waals surface area (Å²) in [7, 11) is 0. The molecule has 0 aliphatic rings. The highest BCUT2D eigenvalue weighted by atomic mass is 16.3. The van der Waals surface area contributed by atoms with Gasteiger partial charge in [-0.2, -0.15) is 5.10 Å². The van der Waals surface area contributed by atoms with Crippen molar-refractivity contribution in [2.75, 3.05) is 13.2 Å². The first-order valence-electron chi connectivity index (χ1n) is 7.74. The summed E-state index contributed by atoms with van der Waals surface area (Å²) >= 11 is 0. The first-order chi connectivity index (χ1) is 11.3. The molecule has 0 fully saturated rings. The lowest BCUT2D eigenvalue weighted by Crippen LogP contribution is -2.25. The Hall–Kier alpha value is -2.37. The zero-order valence-corrected chi connectivity index (χ0v) is 13.0. The molecule has 3 rings (SSSR count). The maximum atomic E-state index is 9.25. The van der Waals surface area contributed by atoms with Gasteiger partial charge in [0.1, 0.15) is 5.76 Å². The summed E-state index contributed by atoms with van der Waals surface area (Å²) in [5.41, 5.74) is 2.35. The van der Waals surface area contributed by atoms with Crippen LogP contribution in [0.15, 0.2) is 65.5 Å². The van der Waals surface area contributed by atoms with E-state index >= 15 is 0 Å². The molecule has 0 bridgehead atoms. The Bertz CT molecular complexity index is 692. The van der Waals surface area contributed by atoms with Crippen LogP contribution < -0.4 is 0 Å². The molecule has 23 heavy (non-hydrogen) atoms. The fourth-order valence-electron chi connectivity index (χ4n) is 2.58. The lowest BCUT2D eigenvalue weighted by atomic mass is 10.2. The number of hydrogen-bond acceptors (Lipinski definition) is 4. The zero-order chi connectivity index (χ0) is 15.9. The van der Waals surface area contributed by atoms with E-state index in [-0.39, 0.29) is 6.61 Å². The number of aliphatic hydroxyl groups is 1. The molecule has 0 saturated carbocycles. The van der Waals surface area contributed by atoms with Gasteiger partial charge >= 0.3 is 0 Å². The lowest BCUT2D eigenvalue weighted by molar-refractivity contribution is 0.175. The number of benzene rings is 1. The molecular weight excluding hydrogens is 290 g/mol. The molecule has 120 valence electrons. The minimum atomic E-state index is 0.124. The van der Waals surface area contributed by atoms with Gasteiger partial charge in [0.05, 0.1) is 32.2 Å². The molecule has 2 aromatic heterocycles. The zero-order valence-electron chi connectivity index (χ0n) is 13.0. The van der Waals surface area contributed by atoms with Crippen molar-refractivity contribution < 1.29 is 9.52 Å². The number of furan rings is 1. The second-order valence-corrected chi connectivity index (χ2v) is 5.55. The fraction of sp³-hybridized carbons (Fsp3) is 0.278. The van der Waals surface area contributed by atoms with Crippen molar-refractivity contribution in [1.29, 1.82) is 0 Å². The minimum absolute atomic E-state index is 0.124. The van der Waals surface area contributed by atoms with Gasteiger partial charge in [0.25, 0.3) is 0 Å². The molecule has 0 radical (unpaired) electrons. The van der Waals surface area contributed by atoms with Gasteiger partial charge in [0, 0.05) is 24.8 Å². The average Bonchev–Trinajstić information content (AvgIpc) is 3.21. The molecule has 1 N–H and O–H groups in total. The third-order valence-corrected chi connectivity index (χ3v) is 3.66. The molecule has 5 nitrogen and oxygen atoms in total. The molecule has 0 aliphatic carbocycles. The Balaban J connectivity index is 1.62. The van der Waals surface area contributed by atoms with Gasteiger partial charge in [-0.05, 0) is 17.7 Å². The van der Waals surface area contributed by atoms with Crippen LogP contribution in [0.2, 0.25) is 0 Å². The van der Waals surface area contributed by atoms with Crippen LogP contribution in [0.5, 0.6) is 0 Å². The average molecular weight is 311 g/mol. The minimum Gasteiger partial charge on any atom is -0.468 e. The van der Waals surface area contributed by atoms with Crippen molar-refractivity contribution in [2.45, 2.75) is 19.6 Å². The van der Waals surface area contributed by atoms with Crippen LogP contribution in [0.4, 0.5) is 0 Å². The van der Waals surface area contributed by atoms with Crippen LogP contribution in [0.1, 0.15) is 16.9 Å². The summed E-state index contributed by atoms with van der Waals surface area (Å²) < 4.78 is 7.33. The summed E-state index contributed by atoms with van der Waals surface area (Å²) in [6.45, 7) is 2.90. The lowest BCUT2D eigenvalue weighted by Gasteiger charge is -2.19. The summed E-state index contributed by atoms with van der Waals surface area (Å²) in [6.07, 6.45) is 5.61. The molecule has 0 spiro atoms. The van der Waals surface area contributed by atoms with Crippen LogP contribution >= 0.6 is 0 Å². The number of aliphatic hydroxyl groups excluding tert-OH is 1. The predicted molar refractivity (Wildman–Crippen MR) is 87.7 cm³/mol. The fourth-order valence-corrected chi connectivity index (χ4v) is 2.58. The van der Waals surface area contributed by atoms with Crippen molar-refractivity contribution in [3.8, 4) is 0 Å². The van der Waals surface area contributed by atoms with E-state index in [1.54, 1.807) is 6.26 Å². The number of aromatic nitrogens is 2. The largest absolute Gasteiger partial charge is 0.468 e. The maximum Gasteiger partial charge on any atom is 0.117 e. The molecule has 0 unspecified atom stereocenters. The van der Waals surface area contributed by atoms with Gasteiger partial charge in [-0.1, -0.05) is 30.3 Å². The smallest absolute Gasteiger partial charge is 0.117 e. The molecule has 0 atom stereocenters. The normalized spacial score (nSPS) is 11.2. The van der Waals surface area contributed by atoms with Crippen molar-refractivity contribution in [2.24, 2.45) is 0 Å². The predicted octanol–water partition coefficient (Wildman–Crippen LogP) is 2.52. The van der Waals surface area contributed by atoms with Gasteiger partial charge in [-0.15, -0.1) is 0 Å². The summed E-state index contributed by atoms with van der Waals surface area (Å²) in [5.74, 6) is 0.898. The van der Waals surface area contributed by atoms with E-state index in [0.29, 0.717) is 13.1 Å². The highest BCUT2D eigenvalue weighted by Gasteiger charge is 2.10. The Morgan fingerprint density at radius 2 is 1.91 bits per heavy atom. The monoisotopic (exact) mass is 311 g/mol. The third kappa shape index (κ3) is 4.55. The van der Waals surface area contributed by atoms with Crippen LogP contribution in [0.3, 0.4) is 0 Å². The van der Waals surface area contributed by atoms with Crippen LogP contribution in [0, 0.1) is 0 Å². The van der Waals surface area contributed by atoms with Gasteiger partial charge in [0.2, 0.25) is 0 Å². The first kappa shape index (κ1) is 15.5. The van der Waals surface area contributed by atoms with Gasteiger partial charge < -0.3 is 9.52 Å². The van der Waals surface area contributed by atoms with Crippen molar-refractivity contribution in [1.82, 2.24) is 14.7 Å². The van der Waals surface area contributed by atoms with Crippen LogP contribution in [-0.4, -0.2) is 32.9 Å². The number of rotatable bonds is 8. The van der Waals surface area contributed by atoms with E-state index in [4.69, 9.17) is 4.42 Å². The number of nitrogens with zero attached hydrogens (tertiary/aromatic N) is 3. The summed E-state index contributed by atoms with van der Waals surface area (Å²) in [5, 5.41) is 13.7. The summed E-state index contributed by atoms with van der Waals surface area (Å²) in [4.78, 5) is 2.14. The second-order valence-electron chi connectivity index (χ2n) is 5.55. The van der Waals surface area contributed by atoms with Crippen LogP contribution in [0.25, 0.3) is 0 Å². The molecule has 5 heteroatoms. The highest BCUT2D eigenvalue weighted by molar-refractivity contribution is 5.15. The van der Waals surface area contributed by atoms with Gasteiger partial charge in [-0.25, -0.2) is 0 Å². The van der Waals surface area contributed by atoms with E-state index in [1.807, 2.05) is 41.2 Å². The molecule has 2 heterocycles. The molecule has 0 saturated heterocycles. The quantitative estimate of drug-likeness (QED) is 0.694. The van der Waals surface area contributed by atoms with Crippen molar-refractivity contribution in [3.05, 3.63) is 78.0 Å². The second kappa shape index (κ2) is 7.76. The van der Waals surface area contributed by atoms with Gasteiger partial charge in [-0.3, -0.25) is 9.58 Å². The SMILES string of the molecule is OCCN(Cc1cnn(Cc2ccccc2)c1)Cc1ccco1. The third-order valence-electron chi connectivity index (χ3n) is 3.66. The van der Waals surface area contributed by atoms with Crippen molar-refractivity contribution in [3.63, 3.8) is 0 Å². The maximum absolute atomic E-state index is 9.25. The Kier molecular flexibility index (Phi) is 5.24. The Morgan fingerprint density at radius 3 is 2.65 bits per heavy atom. The Labute approximate surface area is 135 Å². The standard InChI is InChI=1S/C18H21N3O2/c22-9-8-20(15-18-7-4-10-23-18)12-17-11-19-21(14-17)13-16-5-2-1-3-6-16/h1-7,10-11,14,22H,8-9,12-13,15H2. The topological polar surface area (TPSA) is 54.4 Å². The van der Waals surface area contributed by atoms with E-state index in [0.717, 1.165) is 24.4 Å². The number of hydrogen-bond donors (Lipinski definition) is 1. The van der Waals surface area contributed by atoms with Gasteiger partial charge in [0.15, 0.2) is 0 Å². The van der Waals surface area contributed by atoms with E-state index in [2.05, 4.69) is 28.3 Å². The molecule has 1 aromatic carbocycles. The van der Waals surface area contributed by atoms with Crippen molar-refractivity contribution >= 4 is 0 Å².